The topological polar surface area (TPSA) is 44.6 Å². The molecule has 152 valence electrons. The SMILES string of the molecule is CN1CCN(c2nc3sc4c(c3c(=O)n2-c2ccc(Cl)cc2)CCN(C)C4)CC1. The molecule has 0 amide bonds. The Bertz CT molecular complexity index is 1110. The van der Waals surface area contributed by atoms with E-state index in [4.69, 9.17) is 16.6 Å². The molecule has 0 radical (unpaired) electrons. The van der Waals surface area contributed by atoms with Gasteiger partial charge in [-0.3, -0.25) is 4.79 Å². The molecule has 5 rings (SSSR count). The van der Waals surface area contributed by atoms with Crippen LogP contribution in [0, 0.1) is 0 Å². The molecule has 0 spiro atoms. The number of hydrogen-bond acceptors (Lipinski definition) is 6. The van der Waals surface area contributed by atoms with Gasteiger partial charge in [-0.1, -0.05) is 11.6 Å². The third kappa shape index (κ3) is 3.36. The second kappa shape index (κ2) is 7.40. The van der Waals surface area contributed by atoms with Crippen molar-refractivity contribution in [2.75, 3.05) is 51.7 Å². The number of piperazine rings is 1. The maximum absolute atomic E-state index is 13.8. The van der Waals surface area contributed by atoms with Gasteiger partial charge in [0.15, 0.2) is 0 Å². The van der Waals surface area contributed by atoms with Crippen molar-refractivity contribution in [1.29, 1.82) is 0 Å². The minimum atomic E-state index is 0.0355. The minimum Gasteiger partial charge on any atom is -0.339 e. The number of anilines is 1. The van der Waals surface area contributed by atoms with E-state index in [0.717, 1.165) is 67.5 Å². The van der Waals surface area contributed by atoms with Crippen LogP contribution in [0.2, 0.25) is 5.02 Å². The molecule has 0 saturated carbocycles. The summed E-state index contributed by atoms with van der Waals surface area (Å²) in [6.45, 7) is 5.49. The molecule has 2 aromatic heterocycles. The minimum absolute atomic E-state index is 0.0355. The van der Waals surface area contributed by atoms with Crippen molar-refractivity contribution in [3.8, 4) is 5.69 Å². The predicted molar refractivity (Wildman–Crippen MR) is 120 cm³/mol. The average molecular weight is 430 g/mol. The van der Waals surface area contributed by atoms with E-state index < -0.39 is 0 Å². The number of benzene rings is 1. The predicted octanol–water partition coefficient (Wildman–Crippen LogP) is 2.84. The number of fused-ring (bicyclic) bond motifs is 3. The number of halogens is 1. The van der Waals surface area contributed by atoms with Crippen LogP contribution >= 0.6 is 22.9 Å². The van der Waals surface area contributed by atoms with Gasteiger partial charge in [-0.05, 0) is 50.3 Å². The van der Waals surface area contributed by atoms with Crippen molar-refractivity contribution in [2.45, 2.75) is 13.0 Å². The Morgan fingerprint density at radius 2 is 1.72 bits per heavy atom. The number of nitrogens with zero attached hydrogens (tertiary/aromatic N) is 5. The lowest BCUT2D eigenvalue weighted by atomic mass is 10.1. The summed E-state index contributed by atoms with van der Waals surface area (Å²) in [7, 11) is 4.26. The molecule has 0 atom stereocenters. The molecule has 2 aliphatic heterocycles. The maximum Gasteiger partial charge on any atom is 0.268 e. The van der Waals surface area contributed by atoms with Gasteiger partial charge in [0.1, 0.15) is 4.83 Å². The zero-order valence-corrected chi connectivity index (χ0v) is 18.3. The Hall–Kier alpha value is -1.93. The van der Waals surface area contributed by atoms with Crippen LogP contribution in [0.5, 0.6) is 0 Å². The Kier molecular flexibility index (Phi) is 4.86. The summed E-state index contributed by atoms with van der Waals surface area (Å²) in [5, 5.41) is 1.46. The lowest BCUT2D eigenvalue weighted by Gasteiger charge is -2.34. The van der Waals surface area contributed by atoms with Crippen molar-refractivity contribution in [2.24, 2.45) is 0 Å². The second-order valence-corrected chi connectivity index (χ2v) is 9.51. The number of rotatable bonds is 2. The summed E-state index contributed by atoms with van der Waals surface area (Å²) in [5.74, 6) is 0.741. The van der Waals surface area contributed by atoms with E-state index in [2.05, 4.69) is 28.8 Å². The van der Waals surface area contributed by atoms with E-state index in [-0.39, 0.29) is 5.56 Å². The summed E-state index contributed by atoms with van der Waals surface area (Å²) >= 11 is 7.79. The molecule has 0 N–H and O–H groups in total. The maximum atomic E-state index is 13.8. The highest BCUT2D eigenvalue weighted by Crippen LogP contribution is 2.34. The van der Waals surface area contributed by atoms with Crippen LogP contribution in [0.1, 0.15) is 10.4 Å². The van der Waals surface area contributed by atoms with E-state index in [0.29, 0.717) is 5.02 Å². The fraction of sp³-hybridized carbons (Fsp3) is 0.429. The lowest BCUT2D eigenvalue weighted by Crippen LogP contribution is -2.46. The fourth-order valence-electron chi connectivity index (χ4n) is 4.20. The van der Waals surface area contributed by atoms with E-state index in [1.807, 2.05) is 24.3 Å². The zero-order chi connectivity index (χ0) is 20.1. The first-order valence-corrected chi connectivity index (χ1v) is 11.2. The smallest absolute Gasteiger partial charge is 0.268 e. The highest BCUT2D eigenvalue weighted by atomic mass is 35.5. The largest absolute Gasteiger partial charge is 0.339 e. The molecule has 29 heavy (non-hydrogen) atoms. The van der Waals surface area contributed by atoms with Crippen LogP contribution in [0.25, 0.3) is 15.9 Å². The molecule has 0 unspecified atom stereocenters. The first kappa shape index (κ1) is 19.1. The van der Waals surface area contributed by atoms with Gasteiger partial charge in [-0.15, -0.1) is 11.3 Å². The molecule has 3 aromatic rings. The van der Waals surface area contributed by atoms with Gasteiger partial charge in [0.25, 0.3) is 5.56 Å². The van der Waals surface area contributed by atoms with Crippen molar-refractivity contribution >= 4 is 39.1 Å². The van der Waals surface area contributed by atoms with Gasteiger partial charge in [0.05, 0.1) is 11.1 Å². The second-order valence-electron chi connectivity index (χ2n) is 7.99. The molecule has 4 heterocycles. The van der Waals surface area contributed by atoms with Gasteiger partial charge >= 0.3 is 0 Å². The summed E-state index contributed by atoms with van der Waals surface area (Å²) in [6.07, 6.45) is 0.900. The Morgan fingerprint density at radius 3 is 2.45 bits per heavy atom. The molecule has 2 aliphatic rings. The molecule has 6 nitrogen and oxygen atoms in total. The monoisotopic (exact) mass is 429 g/mol. The van der Waals surface area contributed by atoms with Crippen LogP contribution in [0.4, 0.5) is 5.95 Å². The molecule has 1 fully saturated rings. The quantitative estimate of drug-likeness (QED) is 0.626. The van der Waals surface area contributed by atoms with Crippen LogP contribution in [0.3, 0.4) is 0 Å². The molecule has 1 saturated heterocycles. The van der Waals surface area contributed by atoms with E-state index in [1.54, 1.807) is 15.9 Å². The summed E-state index contributed by atoms with van der Waals surface area (Å²) in [4.78, 5) is 27.8. The summed E-state index contributed by atoms with van der Waals surface area (Å²) in [6, 6.07) is 7.48. The Balaban J connectivity index is 1.74. The standard InChI is InChI=1S/C21H24ClN5OS/c1-24-9-11-26(12-10-24)21-23-19-18(16-7-8-25(2)13-17(16)29-19)20(28)27(21)15-5-3-14(22)4-6-15/h3-6H,7-13H2,1-2H3. The fourth-order valence-corrected chi connectivity index (χ4v) is 5.61. The van der Waals surface area contributed by atoms with Gasteiger partial charge in [-0.25, -0.2) is 9.55 Å². The first-order chi connectivity index (χ1) is 14.0. The molecule has 0 aliphatic carbocycles. The van der Waals surface area contributed by atoms with Crippen molar-refractivity contribution in [3.63, 3.8) is 0 Å². The first-order valence-electron chi connectivity index (χ1n) is 9.96. The van der Waals surface area contributed by atoms with E-state index >= 15 is 0 Å². The summed E-state index contributed by atoms with van der Waals surface area (Å²) in [5.41, 5.74) is 2.04. The highest BCUT2D eigenvalue weighted by Gasteiger charge is 2.27. The lowest BCUT2D eigenvalue weighted by molar-refractivity contribution is 0.310. The number of likely N-dealkylation sites (N-methyl/N-ethyl adjacent to an activating group) is 2. The van der Waals surface area contributed by atoms with E-state index in [9.17, 15) is 4.79 Å². The molecular weight excluding hydrogens is 406 g/mol. The van der Waals surface area contributed by atoms with Crippen molar-refractivity contribution < 1.29 is 0 Å². The third-order valence-corrected chi connectivity index (χ3v) is 7.28. The number of aromatic nitrogens is 2. The van der Waals surface area contributed by atoms with Crippen molar-refractivity contribution in [1.82, 2.24) is 19.4 Å². The average Bonchev–Trinajstić information content (AvgIpc) is 3.07. The summed E-state index contributed by atoms with van der Waals surface area (Å²) < 4.78 is 1.79. The normalized spacial score (nSPS) is 18.4. The van der Waals surface area contributed by atoms with E-state index in [1.165, 1.54) is 10.4 Å². The van der Waals surface area contributed by atoms with Crippen molar-refractivity contribution in [3.05, 3.63) is 50.1 Å². The highest BCUT2D eigenvalue weighted by molar-refractivity contribution is 7.18. The van der Waals surface area contributed by atoms with Crippen LogP contribution in [-0.4, -0.2) is 66.2 Å². The number of hydrogen-bond donors (Lipinski definition) is 0. The van der Waals surface area contributed by atoms with Crippen LogP contribution in [-0.2, 0) is 13.0 Å². The van der Waals surface area contributed by atoms with Gasteiger partial charge in [-0.2, -0.15) is 0 Å². The molecule has 8 heteroatoms. The zero-order valence-electron chi connectivity index (χ0n) is 16.7. The van der Waals surface area contributed by atoms with Crippen LogP contribution in [0.15, 0.2) is 29.1 Å². The number of thiophene rings is 1. The molecule has 0 bridgehead atoms. The van der Waals surface area contributed by atoms with Gasteiger partial charge < -0.3 is 14.7 Å². The molecule has 1 aromatic carbocycles. The molecular formula is C21H24ClN5OS. The Labute approximate surface area is 178 Å². The van der Waals surface area contributed by atoms with Gasteiger partial charge in [0.2, 0.25) is 5.95 Å². The Morgan fingerprint density at radius 1 is 1.00 bits per heavy atom. The third-order valence-electron chi connectivity index (χ3n) is 5.92. The van der Waals surface area contributed by atoms with Gasteiger partial charge in [0, 0.05) is 49.2 Å². The van der Waals surface area contributed by atoms with Crippen LogP contribution < -0.4 is 10.5 Å².